The lowest BCUT2D eigenvalue weighted by atomic mass is 10.1. The molecule has 0 spiro atoms. The minimum absolute atomic E-state index is 0.0882. The van der Waals surface area contributed by atoms with E-state index in [0.29, 0.717) is 24.3 Å². The molecule has 2 aromatic carbocycles. The normalized spacial score (nSPS) is 15.4. The Morgan fingerprint density at radius 2 is 1.86 bits per heavy atom. The van der Waals surface area contributed by atoms with Gasteiger partial charge in [0.25, 0.3) is 5.91 Å². The van der Waals surface area contributed by atoms with E-state index in [1.54, 1.807) is 44.3 Å². The molecule has 3 rings (SSSR count). The molecule has 1 aliphatic rings. The van der Waals surface area contributed by atoms with Crippen LogP contribution in [-0.4, -0.2) is 56.9 Å². The molecule has 28 heavy (non-hydrogen) atoms. The fraction of sp³-hybridized carbons (Fsp3) is 0.350. The largest absolute Gasteiger partial charge is 0.379 e. The first-order valence-corrected chi connectivity index (χ1v) is 10.4. The molecule has 0 atom stereocenters. The quantitative estimate of drug-likeness (QED) is 0.765. The summed E-state index contributed by atoms with van der Waals surface area (Å²) in [5.41, 5.74) is 1.21. The van der Waals surface area contributed by atoms with Gasteiger partial charge in [0.2, 0.25) is 10.0 Å². The Morgan fingerprint density at radius 3 is 2.54 bits per heavy atom. The predicted octanol–water partition coefficient (Wildman–Crippen LogP) is 2.43. The van der Waals surface area contributed by atoms with Crippen molar-refractivity contribution in [1.82, 2.24) is 9.21 Å². The zero-order valence-electron chi connectivity index (χ0n) is 15.9. The van der Waals surface area contributed by atoms with E-state index >= 15 is 0 Å². The molecule has 0 unspecified atom stereocenters. The highest BCUT2D eigenvalue weighted by atomic mass is 32.2. The molecule has 150 valence electrons. The number of sulfonamides is 1. The number of hydrogen-bond acceptors (Lipinski definition) is 4. The van der Waals surface area contributed by atoms with Gasteiger partial charge in [0.1, 0.15) is 5.82 Å². The molecule has 0 aromatic heterocycles. The topological polar surface area (TPSA) is 66.9 Å². The number of carbonyl (C=O) groups is 1. The SMILES string of the molecule is Cc1ccc(C(=O)N(C)Cc2ccccc2F)cc1S(=O)(=O)N1CCOCC1. The number of hydrogen-bond donors (Lipinski definition) is 0. The fourth-order valence-corrected chi connectivity index (χ4v) is 4.77. The van der Waals surface area contributed by atoms with Crippen molar-refractivity contribution in [2.45, 2.75) is 18.4 Å². The summed E-state index contributed by atoms with van der Waals surface area (Å²) in [6.07, 6.45) is 0. The third-order valence-corrected chi connectivity index (χ3v) is 6.78. The van der Waals surface area contributed by atoms with Crippen molar-refractivity contribution in [2.75, 3.05) is 33.4 Å². The molecule has 0 radical (unpaired) electrons. The van der Waals surface area contributed by atoms with E-state index in [9.17, 15) is 17.6 Å². The second-order valence-corrected chi connectivity index (χ2v) is 8.66. The van der Waals surface area contributed by atoms with E-state index in [1.165, 1.54) is 21.3 Å². The number of benzene rings is 2. The van der Waals surface area contributed by atoms with Gasteiger partial charge in [-0.3, -0.25) is 4.79 Å². The Hall–Kier alpha value is -2.29. The van der Waals surface area contributed by atoms with Crippen molar-refractivity contribution in [3.8, 4) is 0 Å². The maximum Gasteiger partial charge on any atom is 0.253 e. The van der Waals surface area contributed by atoms with Crippen molar-refractivity contribution in [3.05, 3.63) is 65.0 Å². The number of ether oxygens (including phenoxy) is 1. The zero-order chi connectivity index (χ0) is 20.3. The predicted molar refractivity (Wildman–Crippen MR) is 103 cm³/mol. The molecule has 1 saturated heterocycles. The number of amides is 1. The lowest BCUT2D eigenvalue weighted by molar-refractivity contribution is 0.0730. The van der Waals surface area contributed by atoms with Crippen molar-refractivity contribution >= 4 is 15.9 Å². The fourth-order valence-electron chi connectivity index (χ4n) is 3.11. The lowest BCUT2D eigenvalue weighted by Crippen LogP contribution is -2.41. The van der Waals surface area contributed by atoms with Crippen LogP contribution in [0.3, 0.4) is 0 Å². The Labute approximate surface area is 164 Å². The molecule has 1 heterocycles. The van der Waals surface area contributed by atoms with Crippen molar-refractivity contribution in [1.29, 1.82) is 0 Å². The maximum atomic E-state index is 13.9. The van der Waals surface area contributed by atoms with Gasteiger partial charge in [0.05, 0.1) is 18.1 Å². The zero-order valence-corrected chi connectivity index (χ0v) is 16.7. The van der Waals surface area contributed by atoms with Crippen LogP contribution in [0, 0.1) is 12.7 Å². The van der Waals surface area contributed by atoms with Gasteiger partial charge in [-0.2, -0.15) is 4.31 Å². The van der Waals surface area contributed by atoms with Gasteiger partial charge in [-0.25, -0.2) is 12.8 Å². The Balaban J connectivity index is 1.86. The van der Waals surface area contributed by atoms with Gasteiger partial charge in [-0.05, 0) is 30.7 Å². The summed E-state index contributed by atoms with van der Waals surface area (Å²) >= 11 is 0. The first-order valence-electron chi connectivity index (χ1n) is 8.98. The van der Waals surface area contributed by atoms with Crippen LogP contribution in [0.25, 0.3) is 0 Å². The molecule has 1 amide bonds. The molecule has 0 aliphatic carbocycles. The van der Waals surface area contributed by atoms with E-state index in [-0.39, 0.29) is 41.8 Å². The van der Waals surface area contributed by atoms with Crippen molar-refractivity contribution in [3.63, 3.8) is 0 Å². The van der Waals surface area contributed by atoms with Crippen LogP contribution in [0.5, 0.6) is 0 Å². The van der Waals surface area contributed by atoms with Gasteiger partial charge >= 0.3 is 0 Å². The first kappa shape index (κ1) is 20.4. The second-order valence-electron chi connectivity index (χ2n) is 6.75. The van der Waals surface area contributed by atoms with Gasteiger partial charge < -0.3 is 9.64 Å². The summed E-state index contributed by atoms with van der Waals surface area (Å²) in [5, 5.41) is 0. The summed E-state index contributed by atoms with van der Waals surface area (Å²) in [6.45, 7) is 3.06. The average Bonchev–Trinajstić information content (AvgIpc) is 2.70. The molecular weight excluding hydrogens is 383 g/mol. The first-order chi connectivity index (χ1) is 13.3. The third kappa shape index (κ3) is 4.24. The highest BCUT2D eigenvalue weighted by molar-refractivity contribution is 7.89. The van der Waals surface area contributed by atoms with E-state index < -0.39 is 10.0 Å². The van der Waals surface area contributed by atoms with Gasteiger partial charge in [-0.15, -0.1) is 0 Å². The number of nitrogens with zero attached hydrogens (tertiary/aromatic N) is 2. The summed E-state index contributed by atoms with van der Waals surface area (Å²) in [5.74, 6) is -0.761. The highest BCUT2D eigenvalue weighted by Gasteiger charge is 2.28. The van der Waals surface area contributed by atoms with Crippen LogP contribution in [0.4, 0.5) is 4.39 Å². The van der Waals surface area contributed by atoms with E-state index in [1.807, 2.05) is 0 Å². The number of halogens is 1. The average molecular weight is 406 g/mol. The Morgan fingerprint density at radius 1 is 1.18 bits per heavy atom. The summed E-state index contributed by atoms with van der Waals surface area (Å²) in [7, 11) is -2.16. The van der Waals surface area contributed by atoms with Gasteiger partial charge in [-0.1, -0.05) is 24.3 Å². The van der Waals surface area contributed by atoms with Crippen molar-refractivity contribution in [2.24, 2.45) is 0 Å². The number of carbonyl (C=O) groups excluding carboxylic acids is 1. The van der Waals surface area contributed by atoms with Crippen LogP contribution in [0.1, 0.15) is 21.5 Å². The molecule has 6 nitrogen and oxygen atoms in total. The molecule has 0 saturated carbocycles. The Kier molecular flexibility index (Phi) is 6.12. The monoisotopic (exact) mass is 406 g/mol. The second kappa shape index (κ2) is 8.38. The molecule has 8 heteroatoms. The number of aryl methyl sites for hydroxylation is 1. The number of rotatable bonds is 5. The summed E-state index contributed by atoms with van der Waals surface area (Å²) < 4.78 is 46.4. The standard InChI is InChI=1S/C20H23FN2O4S/c1-15-7-8-16(13-19(15)28(25,26)23-9-11-27-12-10-23)20(24)22(2)14-17-5-3-4-6-18(17)21/h3-8,13H,9-12,14H2,1-2H3. The summed E-state index contributed by atoms with van der Waals surface area (Å²) in [4.78, 5) is 14.3. The van der Waals surface area contributed by atoms with E-state index in [2.05, 4.69) is 0 Å². The number of morpholine rings is 1. The lowest BCUT2D eigenvalue weighted by Gasteiger charge is -2.27. The minimum atomic E-state index is -3.72. The van der Waals surface area contributed by atoms with Gasteiger partial charge in [0, 0.05) is 37.8 Å². The summed E-state index contributed by atoms with van der Waals surface area (Å²) in [6, 6.07) is 10.9. The van der Waals surface area contributed by atoms with Crippen molar-refractivity contribution < 1.29 is 22.3 Å². The molecule has 0 bridgehead atoms. The van der Waals surface area contributed by atoms with Crippen LogP contribution in [0.15, 0.2) is 47.4 Å². The Bertz CT molecular complexity index is 972. The molecule has 1 aliphatic heterocycles. The third-order valence-electron chi connectivity index (χ3n) is 4.74. The molecule has 1 fully saturated rings. The minimum Gasteiger partial charge on any atom is -0.379 e. The van der Waals surface area contributed by atoms with Crippen LogP contribution < -0.4 is 0 Å². The van der Waals surface area contributed by atoms with Crippen LogP contribution in [-0.2, 0) is 21.3 Å². The smallest absolute Gasteiger partial charge is 0.253 e. The van der Waals surface area contributed by atoms with Gasteiger partial charge in [0.15, 0.2) is 0 Å². The molecular formula is C20H23FN2O4S. The van der Waals surface area contributed by atoms with Crippen LogP contribution in [0.2, 0.25) is 0 Å². The maximum absolute atomic E-state index is 13.9. The highest BCUT2D eigenvalue weighted by Crippen LogP contribution is 2.23. The molecule has 2 aromatic rings. The molecule has 0 N–H and O–H groups in total. The van der Waals surface area contributed by atoms with E-state index in [0.717, 1.165) is 0 Å². The van der Waals surface area contributed by atoms with E-state index in [4.69, 9.17) is 4.74 Å². The van der Waals surface area contributed by atoms with Crippen LogP contribution >= 0.6 is 0 Å².